The van der Waals surface area contributed by atoms with Crippen LogP contribution in [0.25, 0.3) is 5.65 Å². The van der Waals surface area contributed by atoms with Gasteiger partial charge in [-0.25, -0.2) is 22.7 Å². The third kappa shape index (κ3) is 5.22. The van der Waals surface area contributed by atoms with Crippen LogP contribution >= 0.6 is 0 Å². The van der Waals surface area contributed by atoms with Gasteiger partial charge in [-0.15, -0.1) is 0 Å². The van der Waals surface area contributed by atoms with Gasteiger partial charge in [0.1, 0.15) is 12.1 Å². The number of β-amino-alcohol motifs (C(OH)–C–C–N with tert-alkyl or cyclic N) is 1. The van der Waals surface area contributed by atoms with Crippen LogP contribution in [0.3, 0.4) is 0 Å². The van der Waals surface area contributed by atoms with E-state index < -0.39 is 35.4 Å². The molecule has 2 fully saturated rings. The molecule has 37 heavy (non-hydrogen) atoms. The molecule has 2 N–H and O–H groups in total. The number of nitrogens with zero attached hydrogens (tertiary/aromatic N) is 4. The molecular weight excluding hydrogens is 483 g/mol. The Kier molecular flexibility index (Phi) is 6.97. The largest absolute Gasteiger partial charge is 0.389 e. The molecule has 1 aliphatic carbocycles. The van der Waals surface area contributed by atoms with Crippen molar-refractivity contribution in [2.24, 2.45) is 0 Å². The first-order valence-electron chi connectivity index (χ1n) is 12.8. The van der Waals surface area contributed by atoms with Gasteiger partial charge in [0.05, 0.1) is 22.8 Å². The number of amides is 1. The second-order valence-corrected chi connectivity index (χ2v) is 10.7. The molecule has 0 radical (unpaired) electrons. The molecule has 1 saturated carbocycles. The number of aromatic nitrogens is 3. The number of benzene rings is 1. The Hall–Kier alpha value is -2.98. The van der Waals surface area contributed by atoms with Crippen LogP contribution in [-0.4, -0.2) is 55.2 Å². The molecule has 1 aromatic carbocycles. The normalized spacial score (nSPS) is 25.6. The maximum absolute atomic E-state index is 14.6. The number of hydrogen-bond donors (Lipinski definition) is 2. The number of hydrogen-bond acceptors (Lipinski definition) is 5. The van der Waals surface area contributed by atoms with Gasteiger partial charge in [-0.05, 0) is 57.9 Å². The lowest BCUT2D eigenvalue weighted by Crippen LogP contribution is -2.39. The van der Waals surface area contributed by atoms with E-state index in [1.54, 1.807) is 17.6 Å². The highest BCUT2D eigenvalue weighted by molar-refractivity contribution is 5.94. The molecule has 1 amide bonds. The molecule has 3 heterocycles. The fourth-order valence-electron chi connectivity index (χ4n) is 5.85. The number of aliphatic hydroxyl groups is 1. The topological polar surface area (TPSA) is 82.8 Å². The molecule has 0 bridgehead atoms. The average Bonchev–Trinajstić information content (AvgIpc) is 3.49. The number of halogens is 3. The molecular formula is C27H32F3N5O2. The van der Waals surface area contributed by atoms with Crippen LogP contribution in [0.15, 0.2) is 36.8 Å². The molecule has 10 heteroatoms. The molecule has 0 unspecified atom stereocenters. The maximum atomic E-state index is 14.6. The summed E-state index contributed by atoms with van der Waals surface area (Å²) in [5.74, 6) is -1.24. The van der Waals surface area contributed by atoms with Gasteiger partial charge in [-0.3, -0.25) is 9.69 Å². The van der Waals surface area contributed by atoms with Gasteiger partial charge >= 0.3 is 0 Å². The summed E-state index contributed by atoms with van der Waals surface area (Å²) in [6.07, 6.45) is 4.73. The van der Waals surface area contributed by atoms with Gasteiger partial charge in [0.25, 0.3) is 12.3 Å². The number of fused-ring (bicyclic) bond motifs is 1. The highest BCUT2D eigenvalue weighted by Crippen LogP contribution is 2.38. The lowest BCUT2D eigenvalue weighted by atomic mass is 9.81. The summed E-state index contributed by atoms with van der Waals surface area (Å²) in [5, 5.41) is 17.3. The van der Waals surface area contributed by atoms with E-state index in [1.165, 1.54) is 18.5 Å². The van der Waals surface area contributed by atoms with Crippen molar-refractivity contribution in [2.45, 2.75) is 76.0 Å². The van der Waals surface area contributed by atoms with Gasteiger partial charge in [0.2, 0.25) is 0 Å². The molecule has 198 valence electrons. The fourth-order valence-corrected chi connectivity index (χ4v) is 5.85. The lowest BCUT2D eigenvalue weighted by Gasteiger charge is -2.35. The van der Waals surface area contributed by atoms with E-state index in [0.29, 0.717) is 23.8 Å². The zero-order chi connectivity index (χ0) is 26.3. The molecule has 7 nitrogen and oxygen atoms in total. The molecule has 2 aliphatic rings. The Balaban J connectivity index is 1.33. The van der Waals surface area contributed by atoms with E-state index in [1.807, 2.05) is 13.0 Å². The third-order valence-corrected chi connectivity index (χ3v) is 7.91. The van der Waals surface area contributed by atoms with Crippen molar-refractivity contribution in [3.63, 3.8) is 0 Å². The zero-order valence-corrected chi connectivity index (χ0v) is 21.0. The summed E-state index contributed by atoms with van der Waals surface area (Å²) in [7, 11) is 0. The molecule has 1 aliphatic heterocycles. The Morgan fingerprint density at radius 3 is 2.62 bits per heavy atom. The van der Waals surface area contributed by atoms with Crippen molar-refractivity contribution < 1.29 is 23.1 Å². The summed E-state index contributed by atoms with van der Waals surface area (Å²) >= 11 is 0. The van der Waals surface area contributed by atoms with Gasteiger partial charge in [-0.2, -0.15) is 5.10 Å². The highest BCUT2D eigenvalue weighted by Gasteiger charge is 2.37. The standard InChI is InChI=1S/C27H32F3N5O2/c1-16(20-4-3-5-21(23(20)28)24(29)30)33-26(36)18-12-22(25-31-15-32-35(25)13-18)17-6-8-19(9-7-17)34-11-10-27(2,37)14-34/h3-5,12-13,15-17,19,24,37H,6-11,14H2,1-2H3,(H,33,36)/t16-,17?,19?,27+/m1/s1. The second-order valence-electron chi connectivity index (χ2n) is 10.7. The van der Waals surface area contributed by atoms with Gasteiger partial charge in [0, 0.05) is 36.5 Å². The van der Waals surface area contributed by atoms with Crippen molar-refractivity contribution in [1.29, 1.82) is 0 Å². The summed E-state index contributed by atoms with van der Waals surface area (Å²) in [5.41, 5.74) is 0.699. The number of nitrogens with one attached hydrogen (secondary N) is 1. The van der Waals surface area contributed by atoms with Gasteiger partial charge in [0.15, 0.2) is 5.65 Å². The molecule has 2 aromatic heterocycles. The fraction of sp³-hybridized carbons (Fsp3) is 0.519. The second kappa shape index (κ2) is 10.1. The molecule has 2 atom stereocenters. The van der Waals surface area contributed by atoms with E-state index in [2.05, 4.69) is 20.3 Å². The van der Waals surface area contributed by atoms with E-state index in [-0.39, 0.29) is 11.5 Å². The average molecular weight is 516 g/mol. The number of rotatable bonds is 6. The first kappa shape index (κ1) is 25.7. The highest BCUT2D eigenvalue weighted by atomic mass is 19.3. The van der Waals surface area contributed by atoms with Crippen molar-refractivity contribution in [3.8, 4) is 0 Å². The van der Waals surface area contributed by atoms with Crippen molar-refractivity contribution in [2.75, 3.05) is 13.1 Å². The van der Waals surface area contributed by atoms with E-state index in [0.717, 1.165) is 50.3 Å². The van der Waals surface area contributed by atoms with Crippen molar-refractivity contribution >= 4 is 11.6 Å². The van der Waals surface area contributed by atoms with Crippen LogP contribution in [0.2, 0.25) is 0 Å². The van der Waals surface area contributed by atoms with Crippen LogP contribution in [0.4, 0.5) is 13.2 Å². The molecule has 0 spiro atoms. The monoisotopic (exact) mass is 515 g/mol. The van der Waals surface area contributed by atoms with E-state index in [9.17, 15) is 23.1 Å². The van der Waals surface area contributed by atoms with Crippen LogP contribution in [0.5, 0.6) is 0 Å². The summed E-state index contributed by atoms with van der Waals surface area (Å²) in [6.45, 7) is 5.07. The quantitative estimate of drug-likeness (QED) is 0.494. The Labute approximate surface area is 213 Å². The molecule has 5 rings (SSSR count). The number of likely N-dealkylation sites (tertiary alicyclic amines) is 1. The number of alkyl halides is 2. The number of carbonyl (C=O) groups excluding carboxylic acids is 1. The Morgan fingerprint density at radius 1 is 1.22 bits per heavy atom. The maximum Gasteiger partial charge on any atom is 0.266 e. The summed E-state index contributed by atoms with van der Waals surface area (Å²) in [4.78, 5) is 20.0. The van der Waals surface area contributed by atoms with Gasteiger partial charge in [-0.1, -0.05) is 18.2 Å². The van der Waals surface area contributed by atoms with E-state index in [4.69, 9.17) is 0 Å². The minimum atomic E-state index is -2.94. The van der Waals surface area contributed by atoms with Gasteiger partial charge < -0.3 is 10.4 Å². The Morgan fingerprint density at radius 2 is 1.95 bits per heavy atom. The third-order valence-electron chi connectivity index (χ3n) is 7.91. The lowest BCUT2D eigenvalue weighted by molar-refractivity contribution is 0.0575. The predicted molar refractivity (Wildman–Crippen MR) is 132 cm³/mol. The first-order chi connectivity index (χ1) is 17.6. The van der Waals surface area contributed by atoms with Crippen LogP contribution < -0.4 is 5.32 Å². The summed E-state index contributed by atoms with van der Waals surface area (Å²) < 4.78 is 42.4. The van der Waals surface area contributed by atoms with E-state index >= 15 is 0 Å². The minimum Gasteiger partial charge on any atom is -0.389 e. The van der Waals surface area contributed by atoms with Crippen LogP contribution in [0, 0.1) is 5.82 Å². The van der Waals surface area contributed by atoms with Crippen LogP contribution in [0.1, 0.15) is 91.4 Å². The van der Waals surface area contributed by atoms with Crippen molar-refractivity contribution in [1.82, 2.24) is 24.8 Å². The van der Waals surface area contributed by atoms with Crippen molar-refractivity contribution in [3.05, 3.63) is 64.9 Å². The number of carbonyl (C=O) groups is 1. The molecule has 3 aromatic rings. The molecule has 1 saturated heterocycles. The zero-order valence-electron chi connectivity index (χ0n) is 21.0. The summed E-state index contributed by atoms with van der Waals surface area (Å²) in [6, 6.07) is 5.26. The predicted octanol–water partition coefficient (Wildman–Crippen LogP) is 4.78. The smallest absolute Gasteiger partial charge is 0.266 e. The first-order valence-corrected chi connectivity index (χ1v) is 12.8. The van der Waals surface area contributed by atoms with Crippen LogP contribution in [-0.2, 0) is 0 Å². The minimum absolute atomic E-state index is 0.00687. The Bertz CT molecular complexity index is 1290. The SMILES string of the molecule is C[C@@H](NC(=O)c1cc(C2CCC(N3CC[C@](C)(O)C3)CC2)c2ncnn2c1)c1cccc(C(F)F)c1F. The number of pyridine rings is 1.